The molecule has 6 nitrogen and oxygen atoms in total. The van der Waals surface area contributed by atoms with Gasteiger partial charge in [-0.3, -0.25) is 14.9 Å². The van der Waals surface area contributed by atoms with Crippen molar-refractivity contribution in [2.45, 2.75) is 19.8 Å². The molecule has 0 bridgehead atoms. The molecule has 1 saturated heterocycles. The fourth-order valence-electron chi connectivity index (χ4n) is 2.89. The molecule has 2 heterocycles. The normalized spacial score (nSPS) is 14.7. The number of carbonyl (C=O) groups is 2. The third-order valence-corrected chi connectivity index (χ3v) is 5.09. The molecule has 1 fully saturated rings. The number of nitrogens with one attached hydrogen (secondary N) is 2. The lowest BCUT2D eigenvalue weighted by Gasteiger charge is -2.30. The smallest absolute Gasteiger partial charge is 0.293 e. The van der Waals surface area contributed by atoms with Crippen LogP contribution in [0.25, 0.3) is 0 Å². The average Bonchev–Trinajstić information content (AvgIpc) is 3.08. The molecule has 1 aliphatic heterocycles. The third kappa shape index (κ3) is 5.17. The first-order valence-corrected chi connectivity index (χ1v) is 9.89. The molecule has 0 aliphatic carbocycles. The van der Waals surface area contributed by atoms with E-state index < -0.39 is 5.91 Å². The number of halogens is 1. The fraction of sp³-hybridized carbons (Fsp3) is 0.316. The van der Waals surface area contributed by atoms with E-state index in [4.69, 9.17) is 16.6 Å². The number of piperidine rings is 1. The summed E-state index contributed by atoms with van der Waals surface area (Å²) in [5, 5.41) is 5.61. The number of amides is 2. The molecular weight excluding hydrogens is 430 g/mol. The molecule has 0 atom stereocenters. The summed E-state index contributed by atoms with van der Waals surface area (Å²) >= 11 is 8.32. The lowest BCUT2D eigenvalue weighted by atomic mass is 9.98. The second-order valence-corrected chi connectivity index (χ2v) is 7.76. The molecule has 1 aromatic carbocycles. The van der Waals surface area contributed by atoms with E-state index in [1.165, 1.54) is 0 Å². The molecule has 0 unspecified atom stereocenters. The zero-order chi connectivity index (χ0) is 19.4. The van der Waals surface area contributed by atoms with Crippen LogP contribution in [-0.2, 0) is 0 Å². The Bertz CT molecular complexity index is 859. The number of anilines is 1. The molecule has 0 radical (unpaired) electrons. The number of hydrogen-bond acceptors (Lipinski definition) is 4. The first-order valence-electron chi connectivity index (χ1n) is 8.69. The number of rotatable bonds is 3. The van der Waals surface area contributed by atoms with Crippen molar-refractivity contribution >= 4 is 50.8 Å². The number of nitrogens with zero attached hydrogens (tertiary/aromatic N) is 1. The summed E-state index contributed by atoms with van der Waals surface area (Å²) in [4.78, 5) is 26.6. The monoisotopic (exact) mass is 449 g/mol. The van der Waals surface area contributed by atoms with E-state index in [1.54, 1.807) is 36.4 Å². The largest absolute Gasteiger partial charge is 0.444 e. The molecule has 2 aromatic rings. The van der Waals surface area contributed by atoms with Gasteiger partial charge in [0, 0.05) is 24.3 Å². The molecular formula is C19H20BrN3O3S. The molecule has 142 valence electrons. The van der Waals surface area contributed by atoms with Gasteiger partial charge in [-0.25, -0.2) is 0 Å². The summed E-state index contributed by atoms with van der Waals surface area (Å²) in [5.74, 6) is 0.376. The Morgan fingerprint density at radius 2 is 1.96 bits per heavy atom. The summed E-state index contributed by atoms with van der Waals surface area (Å²) in [6.07, 6.45) is 2.06. The van der Waals surface area contributed by atoms with Crippen LogP contribution in [0.2, 0.25) is 0 Å². The summed E-state index contributed by atoms with van der Waals surface area (Å²) in [7, 11) is 0. The number of benzene rings is 1. The number of carbonyl (C=O) groups excluding carboxylic acids is 2. The highest BCUT2D eigenvalue weighted by Crippen LogP contribution is 2.20. The van der Waals surface area contributed by atoms with Gasteiger partial charge in [0.1, 0.15) is 0 Å². The van der Waals surface area contributed by atoms with Gasteiger partial charge in [-0.1, -0.05) is 13.0 Å². The maximum Gasteiger partial charge on any atom is 0.293 e. The summed E-state index contributed by atoms with van der Waals surface area (Å²) < 4.78 is 5.65. The van der Waals surface area contributed by atoms with Crippen LogP contribution >= 0.6 is 28.1 Å². The van der Waals surface area contributed by atoms with Gasteiger partial charge in [0.05, 0.1) is 0 Å². The van der Waals surface area contributed by atoms with Crippen LogP contribution in [0.5, 0.6) is 0 Å². The minimum Gasteiger partial charge on any atom is -0.444 e. The highest BCUT2D eigenvalue weighted by Gasteiger charge is 2.21. The van der Waals surface area contributed by atoms with Crippen LogP contribution in [0.15, 0.2) is 45.5 Å². The summed E-state index contributed by atoms with van der Waals surface area (Å²) in [6.45, 7) is 3.78. The van der Waals surface area contributed by atoms with Gasteiger partial charge in [-0.15, -0.1) is 0 Å². The Morgan fingerprint density at radius 3 is 2.63 bits per heavy atom. The molecule has 0 spiro atoms. The standard InChI is InChI=1S/C19H20BrN3O3S/c1-12-7-9-23(10-8-12)18(25)13-3-2-4-14(11-13)21-19(27)22-17(24)15-5-6-16(20)26-15/h2-6,11-12H,7-10H2,1H3,(H2,21,22,24,27). The first-order chi connectivity index (χ1) is 12.9. The van der Waals surface area contributed by atoms with Crippen LogP contribution in [0.3, 0.4) is 0 Å². The van der Waals surface area contributed by atoms with Crippen LogP contribution in [0, 0.1) is 5.92 Å². The van der Waals surface area contributed by atoms with Crippen molar-refractivity contribution in [1.29, 1.82) is 0 Å². The van der Waals surface area contributed by atoms with Crippen molar-refractivity contribution in [2.24, 2.45) is 5.92 Å². The van der Waals surface area contributed by atoms with Crippen LogP contribution in [-0.4, -0.2) is 34.9 Å². The van der Waals surface area contributed by atoms with Crippen LogP contribution < -0.4 is 10.6 Å². The van der Waals surface area contributed by atoms with E-state index in [0.29, 0.717) is 21.8 Å². The van der Waals surface area contributed by atoms with E-state index >= 15 is 0 Å². The summed E-state index contributed by atoms with van der Waals surface area (Å²) in [6, 6.07) is 10.3. The van der Waals surface area contributed by atoms with Crippen molar-refractivity contribution in [2.75, 3.05) is 18.4 Å². The molecule has 3 rings (SSSR count). The lowest BCUT2D eigenvalue weighted by molar-refractivity contribution is 0.0697. The zero-order valence-electron chi connectivity index (χ0n) is 14.8. The minimum atomic E-state index is -0.451. The highest BCUT2D eigenvalue weighted by atomic mass is 79.9. The van der Waals surface area contributed by atoms with Gasteiger partial charge < -0.3 is 14.6 Å². The Morgan fingerprint density at radius 1 is 1.22 bits per heavy atom. The first kappa shape index (κ1) is 19.6. The number of thiocarbonyl (C=S) groups is 1. The Hall–Kier alpha value is -2.19. The number of furan rings is 1. The second kappa shape index (κ2) is 8.67. The maximum absolute atomic E-state index is 12.7. The fourth-order valence-corrected chi connectivity index (χ4v) is 3.40. The third-order valence-electron chi connectivity index (χ3n) is 4.46. The van der Waals surface area contributed by atoms with Gasteiger partial charge in [-0.2, -0.15) is 0 Å². The van der Waals surface area contributed by atoms with Crippen molar-refractivity contribution in [3.8, 4) is 0 Å². The van der Waals surface area contributed by atoms with Gasteiger partial charge in [0.25, 0.3) is 11.8 Å². The quantitative estimate of drug-likeness (QED) is 0.691. The van der Waals surface area contributed by atoms with E-state index in [2.05, 4.69) is 33.5 Å². The molecule has 1 aromatic heterocycles. The molecule has 27 heavy (non-hydrogen) atoms. The number of hydrogen-bond donors (Lipinski definition) is 2. The van der Waals surface area contributed by atoms with Crippen molar-refractivity contribution in [3.63, 3.8) is 0 Å². The topological polar surface area (TPSA) is 74.6 Å². The molecule has 2 amide bonds. The molecule has 1 aliphatic rings. The second-order valence-electron chi connectivity index (χ2n) is 6.57. The van der Waals surface area contributed by atoms with Gasteiger partial charge in [0.2, 0.25) is 0 Å². The van der Waals surface area contributed by atoms with Crippen molar-refractivity contribution < 1.29 is 14.0 Å². The van der Waals surface area contributed by atoms with Gasteiger partial charge in [-0.05, 0) is 77.2 Å². The molecule has 0 saturated carbocycles. The Kier molecular flexibility index (Phi) is 6.28. The van der Waals surface area contributed by atoms with Gasteiger partial charge in [0.15, 0.2) is 15.5 Å². The average molecular weight is 450 g/mol. The maximum atomic E-state index is 12.7. The lowest BCUT2D eigenvalue weighted by Crippen LogP contribution is -2.38. The van der Waals surface area contributed by atoms with E-state index in [9.17, 15) is 9.59 Å². The van der Waals surface area contributed by atoms with Crippen molar-refractivity contribution in [1.82, 2.24) is 10.2 Å². The molecule has 2 N–H and O–H groups in total. The van der Waals surface area contributed by atoms with Crippen LogP contribution in [0.1, 0.15) is 40.7 Å². The Labute approximate surface area is 171 Å². The predicted molar refractivity (Wildman–Crippen MR) is 111 cm³/mol. The minimum absolute atomic E-state index is 0.0148. The highest BCUT2D eigenvalue weighted by molar-refractivity contribution is 9.10. The van der Waals surface area contributed by atoms with Crippen molar-refractivity contribution in [3.05, 3.63) is 52.4 Å². The predicted octanol–water partition coefficient (Wildman–Crippen LogP) is 4.04. The van der Waals surface area contributed by atoms with E-state index in [0.717, 1.165) is 25.9 Å². The number of likely N-dealkylation sites (tertiary alicyclic amines) is 1. The summed E-state index contributed by atoms with van der Waals surface area (Å²) in [5.41, 5.74) is 1.23. The van der Waals surface area contributed by atoms with Crippen LogP contribution in [0.4, 0.5) is 5.69 Å². The Balaban J connectivity index is 1.60. The van der Waals surface area contributed by atoms with E-state index in [1.807, 2.05) is 4.90 Å². The van der Waals surface area contributed by atoms with E-state index in [-0.39, 0.29) is 16.8 Å². The molecule has 8 heteroatoms. The zero-order valence-corrected chi connectivity index (χ0v) is 17.2. The SMILES string of the molecule is CC1CCN(C(=O)c2cccc(NC(=S)NC(=O)c3ccc(Br)o3)c2)CC1. The van der Waals surface area contributed by atoms with Gasteiger partial charge >= 0.3 is 0 Å².